The number of nitrogens with one attached hydrogen (secondary N) is 3. The fourth-order valence-corrected chi connectivity index (χ4v) is 3.05. The molecule has 1 unspecified atom stereocenters. The highest BCUT2D eigenvalue weighted by Crippen LogP contribution is 2.61. The molecule has 21 heavy (non-hydrogen) atoms. The molecule has 0 aromatic carbocycles. The lowest BCUT2D eigenvalue weighted by molar-refractivity contribution is -0.125. The van der Waals surface area contributed by atoms with Crippen molar-refractivity contribution in [2.75, 3.05) is 26.8 Å². The largest absolute Gasteiger partial charge is 0.393 e. The fourth-order valence-electron chi connectivity index (χ4n) is 3.05. The summed E-state index contributed by atoms with van der Waals surface area (Å²) in [6.07, 6.45) is 4.35. The maximum atomic E-state index is 12.0. The summed E-state index contributed by atoms with van der Waals surface area (Å²) in [6, 6.07) is 0. The summed E-state index contributed by atoms with van der Waals surface area (Å²) in [7, 11) is 0. The molecule has 2 rings (SSSR count). The van der Waals surface area contributed by atoms with Crippen molar-refractivity contribution in [3.63, 3.8) is 0 Å². The summed E-state index contributed by atoms with van der Waals surface area (Å²) in [5.41, 5.74) is 5.63. The smallest absolute Gasteiger partial charge is 0.237 e. The van der Waals surface area contributed by atoms with E-state index in [9.17, 15) is 9.90 Å². The predicted molar refractivity (Wildman–Crippen MR) is 76.7 cm³/mol. The van der Waals surface area contributed by atoms with Gasteiger partial charge in [-0.15, -0.1) is 0 Å². The number of aliphatic hydroxyl groups is 1. The Morgan fingerprint density at radius 1 is 1.24 bits per heavy atom. The second kappa shape index (κ2) is 8.05. The van der Waals surface area contributed by atoms with Gasteiger partial charge in [-0.3, -0.25) is 15.5 Å². The van der Waals surface area contributed by atoms with Crippen LogP contribution in [0.4, 0.5) is 0 Å². The second-order valence-corrected chi connectivity index (χ2v) is 5.90. The molecule has 1 atom stereocenters. The number of hydrogen-bond acceptors (Lipinski definition) is 6. The van der Waals surface area contributed by atoms with Crippen LogP contribution in [-0.4, -0.2) is 43.9 Å². The summed E-state index contributed by atoms with van der Waals surface area (Å²) < 4.78 is 10.3. The first-order chi connectivity index (χ1) is 10.2. The average Bonchev–Trinajstić information content (AvgIpc) is 3.19. The van der Waals surface area contributed by atoms with Crippen LogP contribution in [0.15, 0.2) is 0 Å². The number of carbonyl (C=O) groups is 1. The lowest BCUT2D eigenvalue weighted by atomic mass is 9.83. The first-order valence-corrected chi connectivity index (χ1v) is 7.75. The molecule has 2 aliphatic rings. The molecule has 7 nitrogen and oxygen atoms in total. The summed E-state index contributed by atoms with van der Waals surface area (Å²) >= 11 is 0. The minimum atomic E-state index is -0.171. The highest BCUT2D eigenvalue weighted by Gasteiger charge is 2.58. The predicted octanol–water partition coefficient (Wildman–Crippen LogP) is 0.0636. The second-order valence-electron chi connectivity index (χ2n) is 5.90. The Morgan fingerprint density at radius 2 is 1.95 bits per heavy atom. The van der Waals surface area contributed by atoms with E-state index >= 15 is 0 Å². The van der Waals surface area contributed by atoms with Gasteiger partial charge in [-0.2, -0.15) is 0 Å². The van der Waals surface area contributed by atoms with Gasteiger partial charge < -0.3 is 14.6 Å². The number of ether oxygens (including phenoxy) is 2. The number of carbonyl (C=O) groups excluding carboxylic acids is 1. The van der Waals surface area contributed by atoms with Crippen molar-refractivity contribution in [1.29, 1.82) is 0 Å². The lowest BCUT2D eigenvalue weighted by Gasteiger charge is -2.26. The molecular weight excluding hydrogens is 274 g/mol. The van der Waals surface area contributed by atoms with Gasteiger partial charge in [-0.1, -0.05) is 0 Å². The third-order valence-corrected chi connectivity index (χ3v) is 4.46. The SMILES string of the molecule is CCOCNCOCNNC(=O)C1CC12CCC(O)CC2. The Hall–Kier alpha value is -0.730. The van der Waals surface area contributed by atoms with Gasteiger partial charge in [0.05, 0.1) is 12.8 Å². The summed E-state index contributed by atoms with van der Waals surface area (Å²) in [6.45, 7) is 3.68. The van der Waals surface area contributed by atoms with Crippen molar-refractivity contribution >= 4 is 5.91 Å². The van der Waals surface area contributed by atoms with Crippen LogP contribution in [0.5, 0.6) is 0 Å². The van der Waals surface area contributed by atoms with Crippen LogP contribution in [0, 0.1) is 11.3 Å². The van der Waals surface area contributed by atoms with E-state index in [-0.39, 0.29) is 30.1 Å². The number of aliphatic hydroxyl groups excluding tert-OH is 1. The van der Waals surface area contributed by atoms with Gasteiger partial charge in [0.1, 0.15) is 13.5 Å². The fraction of sp³-hybridized carbons (Fsp3) is 0.929. The van der Waals surface area contributed by atoms with Crippen LogP contribution in [0.2, 0.25) is 0 Å². The van der Waals surface area contributed by atoms with Gasteiger partial charge in [0, 0.05) is 12.5 Å². The zero-order chi connectivity index (χ0) is 15.1. The molecule has 0 aromatic heterocycles. The number of rotatable bonds is 9. The third kappa shape index (κ3) is 4.89. The van der Waals surface area contributed by atoms with E-state index in [0.717, 1.165) is 32.1 Å². The highest BCUT2D eigenvalue weighted by atomic mass is 16.5. The summed E-state index contributed by atoms with van der Waals surface area (Å²) in [5, 5.41) is 12.5. The Kier molecular flexibility index (Phi) is 6.38. The average molecular weight is 301 g/mol. The van der Waals surface area contributed by atoms with Gasteiger partial charge in [0.15, 0.2) is 0 Å². The van der Waals surface area contributed by atoms with Crippen LogP contribution < -0.4 is 16.2 Å². The van der Waals surface area contributed by atoms with E-state index in [0.29, 0.717) is 20.1 Å². The molecule has 0 aromatic rings. The maximum absolute atomic E-state index is 12.0. The van der Waals surface area contributed by atoms with Gasteiger partial charge >= 0.3 is 0 Å². The molecule has 0 bridgehead atoms. The van der Waals surface area contributed by atoms with E-state index in [4.69, 9.17) is 9.47 Å². The first-order valence-electron chi connectivity index (χ1n) is 7.75. The van der Waals surface area contributed by atoms with Crippen molar-refractivity contribution in [1.82, 2.24) is 16.2 Å². The van der Waals surface area contributed by atoms with Gasteiger partial charge in [0.25, 0.3) is 0 Å². The van der Waals surface area contributed by atoms with Gasteiger partial charge in [-0.25, -0.2) is 5.43 Å². The van der Waals surface area contributed by atoms with Crippen molar-refractivity contribution < 1.29 is 19.4 Å². The quantitative estimate of drug-likeness (QED) is 0.273. The highest BCUT2D eigenvalue weighted by molar-refractivity contribution is 5.82. The third-order valence-electron chi connectivity index (χ3n) is 4.46. The van der Waals surface area contributed by atoms with Crippen molar-refractivity contribution in [2.45, 2.75) is 45.1 Å². The molecule has 1 amide bonds. The number of hydrazine groups is 1. The van der Waals surface area contributed by atoms with Crippen LogP contribution in [-0.2, 0) is 14.3 Å². The first kappa shape index (κ1) is 16.6. The van der Waals surface area contributed by atoms with E-state index in [2.05, 4.69) is 16.2 Å². The standard InChI is InChI=1S/C14H27N3O4/c1-2-20-8-15-9-21-10-16-17-13(19)12-7-14(12)5-3-11(18)4-6-14/h11-12,15-16,18H,2-10H2,1H3,(H,17,19). The van der Waals surface area contributed by atoms with Gasteiger partial charge in [0.2, 0.25) is 5.91 Å². The van der Waals surface area contributed by atoms with E-state index in [1.54, 1.807) is 0 Å². The number of amides is 1. The van der Waals surface area contributed by atoms with E-state index in [1.165, 1.54) is 0 Å². The molecule has 0 radical (unpaired) electrons. The molecule has 0 saturated heterocycles. The maximum Gasteiger partial charge on any atom is 0.237 e. The Morgan fingerprint density at radius 3 is 2.67 bits per heavy atom. The Balaban J connectivity index is 1.49. The summed E-state index contributed by atoms with van der Waals surface area (Å²) in [4.78, 5) is 12.0. The molecule has 2 aliphatic carbocycles. The summed E-state index contributed by atoms with van der Waals surface area (Å²) in [5.74, 6) is 0.130. The topological polar surface area (TPSA) is 91.9 Å². The van der Waals surface area contributed by atoms with E-state index < -0.39 is 0 Å². The van der Waals surface area contributed by atoms with Crippen molar-refractivity contribution in [3.05, 3.63) is 0 Å². The molecule has 0 heterocycles. The zero-order valence-electron chi connectivity index (χ0n) is 12.7. The Labute approximate surface area is 125 Å². The molecule has 2 saturated carbocycles. The van der Waals surface area contributed by atoms with Crippen LogP contribution in [0.1, 0.15) is 39.0 Å². The van der Waals surface area contributed by atoms with Crippen LogP contribution in [0.3, 0.4) is 0 Å². The number of hydrogen-bond donors (Lipinski definition) is 4. The van der Waals surface area contributed by atoms with Crippen LogP contribution in [0.25, 0.3) is 0 Å². The monoisotopic (exact) mass is 301 g/mol. The molecule has 122 valence electrons. The molecule has 4 N–H and O–H groups in total. The lowest BCUT2D eigenvalue weighted by Crippen LogP contribution is -2.41. The van der Waals surface area contributed by atoms with Gasteiger partial charge in [-0.05, 0) is 44.4 Å². The minimum Gasteiger partial charge on any atom is -0.393 e. The van der Waals surface area contributed by atoms with Crippen molar-refractivity contribution in [2.24, 2.45) is 11.3 Å². The minimum absolute atomic E-state index is 0.0391. The molecule has 7 heteroatoms. The zero-order valence-corrected chi connectivity index (χ0v) is 12.7. The molecular formula is C14H27N3O4. The normalized spacial score (nSPS) is 31.3. The molecule has 1 spiro atoms. The molecule has 2 fully saturated rings. The van der Waals surface area contributed by atoms with Crippen molar-refractivity contribution in [3.8, 4) is 0 Å². The Bertz CT molecular complexity index is 332. The molecule has 0 aliphatic heterocycles. The van der Waals surface area contributed by atoms with E-state index in [1.807, 2.05) is 6.92 Å². The van der Waals surface area contributed by atoms with Crippen LogP contribution >= 0.6 is 0 Å².